The molecule has 2 aliphatic rings. The van der Waals surface area contributed by atoms with Gasteiger partial charge in [-0.1, -0.05) is 0 Å². The van der Waals surface area contributed by atoms with E-state index in [0.717, 1.165) is 32.7 Å². The molecule has 0 aromatic heterocycles. The van der Waals surface area contributed by atoms with Crippen LogP contribution in [0.3, 0.4) is 0 Å². The van der Waals surface area contributed by atoms with E-state index in [1.54, 1.807) is 0 Å². The fraction of sp³-hybridized carbons (Fsp3) is 0.625. The molecule has 3 nitrogen and oxygen atoms in total. The average molecular weight is 151 g/mol. The molecule has 0 saturated carbocycles. The minimum atomic E-state index is 0.889. The first kappa shape index (κ1) is 6.85. The summed E-state index contributed by atoms with van der Waals surface area (Å²) in [4.78, 5) is 6.57. The summed E-state index contributed by atoms with van der Waals surface area (Å²) < 4.78 is 0. The quantitative estimate of drug-likeness (QED) is 0.565. The number of piperazine rings is 1. The summed E-state index contributed by atoms with van der Waals surface area (Å²) in [5.74, 6) is 0. The first-order valence-electron chi connectivity index (χ1n) is 4.11. The van der Waals surface area contributed by atoms with Crippen molar-refractivity contribution in [1.29, 1.82) is 0 Å². The molecule has 2 rings (SSSR count). The lowest BCUT2D eigenvalue weighted by Crippen LogP contribution is -2.43. The van der Waals surface area contributed by atoms with E-state index in [1.165, 1.54) is 5.70 Å². The smallest absolute Gasteiger partial charge is 0.0788 e. The molecular weight excluding hydrogens is 138 g/mol. The van der Waals surface area contributed by atoms with Gasteiger partial charge in [-0.3, -0.25) is 4.99 Å². The molecule has 1 N–H and O–H groups in total. The highest BCUT2D eigenvalue weighted by molar-refractivity contribution is 5.74. The fourth-order valence-corrected chi connectivity index (χ4v) is 1.50. The van der Waals surface area contributed by atoms with E-state index < -0.39 is 0 Å². The van der Waals surface area contributed by atoms with Gasteiger partial charge in [0.25, 0.3) is 0 Å². The van der Waals surface area contributed by atoms with Crippen molar-refractivity contribution in [3.05, 3.63) is 11.8 Å². The minimum Gasteiger partial charge on any atom is -0.371 e. The number of nitrogens with zero attached hydrogens (tertiary/aromatic N) is 2. The zero-order valence-corrected chi connectivity index (χ0v) is 6.58. The number of nitrogens with one attached hydrogen (secondary N) is 1. The van der Waals surface area contributed by atoms with Gasteiger partial charge in [-0.05, 0) is 6.08 Å². The highest BCUT2D eigenvalue weighted by Gasteiger charge is 2.12. The third kappa shape index (κ3) is 1.43. The Hall–Kier alpha value is -0.830. The zero-order valence-electron chi connectivity index (χ0n) is 6.58. The summed E-state index contributed by atoms with van der Waals surface area (Å²) in [7, 11) is 0. The van der Waals surface area contributed by atoms with Gasteiger partial charge in [-0.15, -0.1) is 0 Å². The standard InChI is InChI=1S/C8H13N3/c1-2-10-7-8(1)11-5-3-9-4-6-11/h1-2,9H,3-7H2. The van der Waals surface area contributed by atoms with Crippen LogP contribution in [-0.4, -0.2) is 43.8 Å². The summed E-state index contributed by atoms with van der Waals surface area (Å²) in [6, 6.07) is 0. The molecule has 0 atom stereocenters. The Morgan fingerprint density at radius 3 is 2.82 bits per heavy atom. The van der Waals surface area contributed by atoms with Crippen LogP contribution >= 0.6 is 0 Å². The molecule has 3 heteroatoms. The van der Waals surface area contributed by atoms with Crippen molar-refractivity contribution in [2.45, 2.75) is 0 Å². The van der Waals surface area contributed by atoms with Gasteiger partial charge in [-0.2, -0.15) is 0 Å². The van der Waals surface area contributed by atoms with Crippen LogP contribution in [0.2, 0.25) is 0 Å². The van der Waals surface area contributed by atoms with Crippen LogP contribution in [0, 0.1) is 0 Å². The van der Waals surface area contributed by atoms with Crippen LogP contribution in [0.5, 0.6) is 0 Å². The Morgan fingerprint density at radius 1 is 1.36 bits per heavy atom. The molecular formula is C8H13N3. The van der Waals surface area contributed by atoms with E-state index in [4.69, 9.17) is 0 Å². The van der Waals surface area contributed by atoms with Crippen LogP contribution in [0.1, 0.15) is 0 Å². The number of rotatable bonds is 1. The molecule has 2 aliphatic heterocycles. The SMILES string of the molecule is C1=NCC(N2CCNCC2)=C1. The molecule has 11 heavy (non-hydrogen) atoms. The number of hydrogen-bond donors (Lipinski definition) is 1. The van der Waals surface area contributed by atoms with Crippen molar-refractivity contribution < 1.29 is 0 Å². The largest absolute Gasteiger partial charge is 0.371 e. The Kier molecular flexibility index (Phi) is 1.90. The van der Waals surface area contributed by atoms with Crippen molar-refractivity contribution in [1.82, 2.24) is 10.2 Å². The average Bonchev–Trinajstić information content (AvgIpc) is 2.58. The maximum atomic E-state index is 4.16. The molecule has 60 valence electrons. The van der Waals surface area contributed by atoms with Gasteiger partial charge in [0.1, 0.15) is 0 Å². The van der Waals surface area contributed by atoms with Crippen LogP contribution < -0.4 is 5.32 Å². The maximum Gasteiger partial charge on any atom is 0.0788 e. The van der Waals surface area contributed by atoms with Gasteiger partial charge in [0.15, 0.2) is 0 Å². The molecule has 1 fully saturated rings. The first-order valence-corrected chi connectivity index (χ1v) is 4.11. The van der Waals surface area contributed by atoms with Crippen molar-refractivity contribution in [2.75, 3.05) is 32.7 Å². The molecule has 0 amide bonds. The van der Waals surface area contributed by atoms with Crippen LogP contribution in [0.4, 0.5) is 0 Å². The van der Waals surface area contributed by atoms with Crippen molar-refractivity contribution >= 4 is 6.21 Å². The molecule has 1 saturated heterocycles. The van der Waals surface area contributed by atoms with Gasteiger partial charge in [0.2, 0.25) is 0 Å². The van der Waals surface area contributed by atoms with Gasteiger partial charge in [0.05, 0.1) is 6.54 Å². The van der Waals surface area contributed by atoms with E-state index in [9.17, 15) is 0 Å². The predicted octanol–water partition coefficient (Wildman–Crippen LogP) is -0.140. The number of aliphatic imine (C=N–C) groups is 1. The molecule has 0 aliphatic carbocycles. The fourth-order valence-electron chi connectivity index (χ4n) is 1.50. The van der Waals surface area contributed by atoms with Gasteiger partial charge < -0.3 is 10.2 Å². The molecule has 0 aromatic carbocycles. The summed E-state index contributed by atoms with van der Waals surface area (Å²) in [6.45, 7) is 5.37. The summed E-state index contributed by atoms with van der Waals surface area (Å²) >= 11 is 0. The van der Waals surface area contributed by atoms with Gasteiger partial charge in [0, 0.05) is 38.1 Å². The topological polar surface area (TPSA) is 27.6 Å². The van der Waals surface area contributed by atoms with E-state index in [-0.39, 0.29) is 0 Å². The zero-order chi connectivity index (χ0) is 7.52. The molecule has 0 unspecified atom stereocenters. The third-order valence-corrected chi connectivity index (χ3v) is 2.15. The summed E-state index contributed by atoms with van der Waals surface area (Å²) in [5.41, 5.74) is 1.38. The Bertz CT molecular complexity index is 190. The lowest BCUT2D eigenvalue weighted by Gasteiger charge is -2.29. The summed E-state index contributed by atoms with van der Waals surface area (Å²) in [5, 5.41) is 3.33. The predicted molar refractivity (Wildman–Crippen MR) is 45.9 cm³/mol. The second-order valence-corrected chi connectivity index (χ2v) is 2.88. The highest BCUT2D eigenvalue weighted by atomic mass is 15.2. The van der Waals surface area contributed by atoms with E-state index in [0.29, 0.717) is 0 Å². The molecule has 0 radical (unpaired) electrons. The summed E-state index contributed by atoms with van der Waals surface area (Å²) in [6.07, 6.45) is 4.02. The molecule has 0 spiro atoms. The van der Waals surface area contributed by atoms with Gasteiger partial charge >= 0.3 is 0 Å². The lowest BCUT2D eigenvalue weighted by atomic mass is 10.3. The normalized spacial score (nSPS) is 24.0. The van der Waals surface area contributed by atoms with Gasteiger partial charge in [-0.25, -0.2) is 0 Å². The molecule has 2 heterocycles. The highest BCUT2D eigenvalue weighted by Crippen LogP contribution is 2.08. The Balaban J connectivity index is 1.93. The van der Waals surface area contributed by atoms with Crippen molar-refractivity contribution in [3.63, 3.8) is 0 Å². The second kappa shape index (κ2) is 3.05. The van der Waals surface area contributed by atoms with Crippen molar-refractivity contribution in [3.8, 4) is 0 Å². The Morgan fingerprint density at radius 2 is 2.18 bits per heavy atom. The van der Waals surface area contributed by atoms with Crippen LogP contribution in [0.15, 0.2) is 16.8 Å². The monoisotopic (exact) mass is 151 g/mol. The van der Waals surface area contributed by atoms with Crippen LogP contribution in [-0.2, 0) is 0 Å². The third-order valence-electron chi connectivity index (χ3n) is 2.15. The first-order chi connectivity index (χ1) is 5.47. The van der Waals surface area contributed by atoms with Crippen molar-refractivity contribution in [2.24, 2.45) is 4.99 Å². The van der Waals surface area contributed by atoms with Crippen LogP contribution in [0.25, 0.3) is 0 Å². The second-order valence-electron chi connectivity index (χ2n) is 2.88. The number of allylic oxidation sites excluding steroid dienone is 1. The molecule has 0 bridgehead atoms. The number of hydrogen-bond acceptors (Lipinski definition) is 3. The lowest BCUT2D eigenvalue weighted by molar-refractivity contribution is 0.298. The van der Waals surface area contributed by atoms with E-state index in [1.807, 2.05) is 6.21 Å². The minimum absolute atomic E-state index is 0.889. The Labute approximate surface area is 66.8 Å². The van der Waals surface area contributed by atoms with E-state index >= 15 is 0 Å². The van der Waals surface area contributed by atoms with E-state index in [2.05, 4.69) is 21.3 Å². The maximum absolute atomic E-state index is 4.16. The molecule has 0 aromatic rings.